The molecule has 2 heterocycles. The Hall–Kier alpha value is -1.55. The molecule has 0 saturated carbocycles. The van der Waals surface area contributed by atoms with Crippen LogP contribution in [-0.2, 0) is 19.6 Å². The molecular formula is C13H14FNO6S. The van der Waals surface area contributed by atoms with E-state index in [4.69, 9.17) is 14.7 Å². The van der Waals surface area contributed by atoms with Crippen LogP contribution in [0.1, 0.15) is 15.9 Å². The van der Waals surface area contributed by atoms with Crippen LogP contribution < -0.4 is 0 Å². The number of sulfonamides is 1. The van der Waals surface area contributed by atoms with Crippen LogP contribution in [0.25, 0.3) is 0 Å². The predicted octanol–water partition coefficient (Wildman–Crippen LogP) is 0.783. The standard InChI is InChI=1S/C13H14FNO6S/c1-7-10(13(16)17)2-9(3-11(7)14)22(18,19)15-4-8-5-20-6-12(8)21-15/h2-3,8,12H,4-6H2,1H3,(H,16,17)/t8-,12+/m1/s1. The highest BCUT2D eigenvalue weighted by atomic mass is 32.2. The van der Waals surface area contributed by atoms with E-state index in [-0.39, 0.29) is 29.7 Å². The second-order valence-corrected chi connectivity index (χ2v) is 7.14. The zero-order valence-electron chi connectivity index (χ0n) is 11.7. The van der Waals surface area contributed by atoms with Gasteiger partial charge in [0.2, 0.25) is 0 Å². The summed E-state index contributed by atoms with van der Waals surface area (Å²) in [6, 6.07) is 1.76. The van der Waals surface area contributed by atoms with Gasteiger partial charge < -0.3 is 9.84 Å². The summed E-state index contributed by atoms with van der Waals surface area (Å²) in [4.78, 5) is 16.0. The van der Waals surface area contributed by atoms with E-state index >= 15 is 0 Å². The van der Waals surface area contributed by atoms with Crippen molar-refractivity contribution in [3.8, 4) is 0 Å². The van der Waals surface area contributed by atoms with E-state index in [1.165, 1.54) is 6.92 Å². The zero-order valence-corrected chi connectivity index (χ0v) is 12.5. The maximum atomic E-state index is 13.8. The minimum Gasteiger partial charge on any atom is -0.478 e. The molecule has 2 aliphatic rings. The lowest BCUT2D eigenvalue weighted by atomic mass is 10.1. The Balaban J connectivity index is 1.98. The van der Waals surface area contributed by atoms with Crippen molar-refractivity contribution in [2.45, 2.75) is 17.9 Å². The number of carboxylic acid groups (broad SMARTS) is 1. The van der Waals surface area contributed by atoms with Gasteiger partial charge in [0, 0.05) is 12.5 Å². The number of hydrogen-bond acceptors (Lipinski definition) is 5. The number of hydroxylamine groups is 1. The summed E-state index contributed by atoms with van der Waals surface area (Å²) in [6.07, 6.45) is -0.344. The lowest BCUT2D eigenvalue weighted by Gasteiger charge is -2.17. The van der Waals surface area contributed by atoms with Gasteiger partial charge in [-0.1, -0.05) is 4.47 Å². The van der Waals surface area contributed by atoms with Crippen molar-refractivity contribution in [3.05, 3.63) is 29.1 Å². The summed E-state index contributed by atoms with van der Waals surface area (Å²) in [5.41, 5.74) is -0.500. The third-order valence-electron chi connectivity index (χ3n) is 3.89. The van der Waals surface area contributed by atoms with Crippen molar-refractivity contribution in [2.75, 3.05) is 19.8 Å². The first-order valence-corrected chi connectivity index (χ1v) is 8.05. The molecule has 7 nitrogen and oxygen atoms in total. The van der Waals surface area contributed by atoms with Gasteiger partial charge in [0.25, 0.3) is 10.0 Å². The average Bonchev–Trinajstić information content (AvgIpc) is 3.02. The van der Waals surface area contributed by atoms with Gasteiger partial charge in [0.1, 0.15) is 11.9 Å². The largest absolute Gasteiger partial charge is 0.478 e. The Kier molecular flexibility index (Phi) is 3.68. The monoisotopic (exact) mass is 331 g/mol. The van der Waals surface area contributed by atoms with Crippen LogP contribution in [0.2, 0.25) is 0 Å². The molecule has 22 heavy (non-hydrogen) atoms. The number of ether oxygens (including phenoxy) is 1. The quantitative estimate of drug-likeness (QED) is 0.880. The molecule has 2 saturated heterocycles. The van der Waals surface area contributed by atoms with Crippen molar-refractivity contribution in [1.29, 1.82) is 0 Å². The Labute approximate surface area is 126 Å². The van der Waals surface area contributed by atoms with Gasteiger partial charge in [-0.2, -0.15) is 0 Å². The molecule has 120 valence electrons. The average molecular weight is 331 g/mol. The Morgan fingerprint density at radius 1 is 1.41 bits per heavy atom. The fraction of sp³-hybridized carbons (Fsp3) is 0.462. The van der Waals surface area contributed by atoms with Gasteiger partial charge in [-0.25, -0.2) is 17.6 Å². The summed E-state index contributed by atoms with van der Waals surface area (Å²) < 4.78 is 44.8. The molecule has 0 amide bonds. The summed E-state index contributed by atoms with van der Waals surface area (Å²) in [5, 5.41) is 9.05. The maximum absolute atomic E-state index is 13.8. The van der Waals surface area contributed by atoms with Gasteiger partial charge >= 0.3 is 5.97 Å². The molecule has 1 N–H and O–H groups in total. The van der Waals surface area contributed by atoms with Crippen LogP contribution in [-0.4, -0.2) is 49.8 Å². The van der Waals surface area contributed by atoms with E-state index in [9.17, 15) is 17.6 Å². The van der Waals surface area contributed by atoms with Crippen LogP contribution in [0.5, 0.6) is 0 Å². The fourth-order valence-electron chi connectivity index (χ4n) is 2.55. The van der Waals surface area contributed by atoms with Gasteiger partial charge in [-0.3, -0.25) is 4.84 Å². The molecule has 0 aromatic heterocycles. The highest BCUT2D eigenvalue weighted by molar-refractivity contribution is 7.89. The molecule has 1 aromatic carbocycles. The van der Waals surface area contributed by atoms with Crippen LogP contribution in [0.15, 0.2) is 17.0 Å². The number of halogens is 1. The normalized spacial score (nSPS) is 25.4. The van der Waals surface area contributed by atoms with Crippen LogP contribution in [0, 0.1) is 18.7 Å². The Morgan fingerprint density at radius 3 is 2.77 bits per heavy atom. The molecule has 0 spiro atoms. The first kappa shape index (κ1) is 15.3. The van der Waals surface area contributed by atoms with Crippen molar-refractivity contribution in [1.82, 2.24) is 4.47 Å². The van der Waals surface area contributed by atoms with E-state index in [1.807, 2.05) is 0 Å². The molecule has 3 rings (SSSR count). The van der Waals surface area contributed by atoms with E-state index in [0.29, 0.717) is 13.2 Å². The lowest BCUT2D eigenvalue weighted by Crippen LogP contribution is -2.29. The third-order valence-corrected chi connectivity index (χ3v) is 5.49. The van der Waals surface area contributed by atoms with Gasteiger partial charge in [-0.15, -0.1) is 0 Å². The van der Waals surface area contributed by atoms with Crippen molar-refractivity contribution < 1.29 is 32.3 Å². The van der Waals surface area contributed by atoms with Crippen LogP contribution in [0.4, 0.5) is 4.39 Å². The summed E-state index contributed by atoms with van der Waals surface area (Å²) in [7, 11) is -4.12. The highest BCUT2D eigenvalue weighted by Crippen LogP contribution is 2.31. The minimum atomic E-state index is -4.12. The molecule has 0 aliphatic carbocycles. The van der Waals surface area contributed by atoms with E-state index in [2.05, 4.69) is 0 Å². The third kappa shape index (κ3) is 2.39. The van der Waals surface area contributed by atoms with Gasteiger partial charge in [0.05, 0.1) is 23.7 Å². The second-order valence-electron chi connectivity index (χ2n) is 5.31. The summed E-state index contributed by atoms with van der Waals surface area (Å²) in [5.74, 6) is -2.34. The molecular weight excluding hydrogens is 317 g/mol. The number of benzene rings is 1. The number of rotatable bonds is 3. The van der Waals surface area contributed by atoms with E-state index in [0.717, 1.165) is 16.6 Å². The van der Waals surface area contributed by atoms with Crippen LogP contribution >= 0.6 is 0 Å². The molecule has 2 atom stereocenters. The number of nitrogens with zero attached hydrogens (tertiary/aromatic N) is 1. The van der Waals surface area contributed by atoms with Gasteiger partial charge in [0.15, 0.2) is 0 Å². The number of hydrogen-bond donors (Lipinski definition) is 1. The predicted molar refractivity (Wildman–Crippen MR) is 71.2 cm³/mol. The molecule has 0 unspecified atom stereocenters. The molecule has 2 aliphatic heterocycles. The minimum absolute atomic E-state index is 0.0657. The SMILES string of the molecule is Cc1c(F)cc(S(=O)(=O)N2C[C@@H]3COC[C@@H]3O2)cc1C(=O)O. The fourth-order valence-corrected chi connectivity index (χ4v) is 3.91. The Morgan fingerprint density at radius 2 is 2.14 bits per heavy atom. The molecule has 1 aromatic rings. The summed E-state index contributed by atoms with van der Waals surface area (Å²) in [6.45, 7) is 2.09. The smallest absolute Gasteiger partial charge is 0.336 e. The van der Waals surface area contributed by atoms with Crippen molar-refractivity contribution >= 4 is 16.0 Å². The first-order chi connectivity index (χ1) is 10.3. The maximum Gasteiger partial charge on any atom is 0.336 e. The molecule has 0 radical (unpaired) electrons. The number of carboxylic acids is 1. The summed E-state index contributed by atoms with van der Waals surface area (Å²) >= 11 is 0. The Bertz CT molecular complexity index is 722. The molecule has 9 heteroatoms. The topological polar surface area (TPSA) is 93.1 Å². The lowest BCUT2D eigenvalue weighted by molar-refractivity contribution is -0.0866. The molecule has 0 bridgehead atoms. The molecule has 2 fully saturated rings. The number of aromatic carboxylic acids is 1. The first-order valence-electron chi connectivity index (χ1n) is 6.61. The van der Waals surface area contributed by atoms with Crippen molar-refractivity contribution in [2.24, 2.45) is 5.92 Å². The second kappa shape index (κ2) is 5.27. The van der Waals surface area contributed by atoms with E-state index < -0.39 is 26.7 Å². The number of carbonyl (C=O) groups is 1. The van der Waals surface area contributed by atoms with Crippen LogP contribution in [0.3, 0.4) is 0 Å². The van der Waals surface area contributed by atoms with E-state index in [1.54, 1.807) is 0 Å². The highest BCUT2D eigenvalue weighted by Gasteiger charge is 2.44. The number of fused-ring (bicyclic) bond motifs is 1. The van der Waals surface area contributed by atoms with Crippen molar-refractivity contribution in [3.63, 3.8) is 0 Å². The zero-order chi connectivity index (χ0) is 16.1. The van der Waals surface area contributed by atoms with Gasteiger partial charge in [-0.05, 0) is 24.6 Å².